The fourth-order valence-corrected chi connectivity index (χ4v) is 1.23. The van der Waals surface area contributed by atoms with Gasteiger partial charge in [-0.05, 0) is 19.4 Å². The van der Waals surface area contributed by atoms with Crippen LogP contribution in [0.2, 0.25) is 0 Å². The van der Waals surface area contributed by atoms with Crippen LogP contribution in [0.1, 0.15) is 16.7 Å². The van der Waals surface area contributed by atoms with Crippen LogP contribution in [-0.2, 0) is 11.5 Å². The monoisotopic (exact) mass is 152 g/mol. The van der Waals surface area contributed by atoms with Gasteiger partial charge in [-0.25, -0.2) is 4.89 Å². The maximum atomic E-state index is 8.20. The summed E-state index contributed by atoms with van der Waals surface area (Å²) in [5, 5.41) is 8.20. The smallest absolute Gasteiger partial charge is 0.107 e. The molecule has 1 N–H and O–H groups in total. The average Bonchev–Trinajstić information content (AvgIpc) is 1.85. The molecular formula is C9H12O2. The van der Waals surface area contributed by atoms with Crippen molar-refractivity contribution < 1.29 is 10.1 Å². The molecule has 0 aromatic heterocycles. The predicted molar refractivity (Wildman–Crippen MR) is 43.3 cm³/mol. The van der Waals surface area contributed by atoms with E-state index in [0.717, 1.165) is 5.56 Å². The summed E-state index contributed by atoms with van der Waals surface area (Å²) in [6.07, 6.45) is 0. The van der Waals surface area contributed by atoms with Crippen LogP contribution in [0, 0.1) is 13.8 Å². The molecule has 0 unspecified atom stereocenters. The second-order valence-corrected chi connectivity index (χ2v) is 2.77. The molecule has 2 heteroatoms. The molecule has 2 nitrogen and oxygen atoms in total. The lowest BCUT2D eigenvalue weighted by molar-refractivity contribution is -0.253. The molecule has 0 bridgehead atoms. The Hall–Kier alpha value is -0.860. The van der Waals surface area contributed by atoms with Crippen LogP contribution in [0.25, 0.3) is 0 Å². The fourth-order valence-electron chi connectivity index (χ4n) is 1.23. The molecule has 0 aliphatic rings. The molecule has 1 aromatic rings. The predicted octanol–water partition coefficient (Wildman–Crippen LogP) is 2.29. The van der Waals surface area contributed by atoms with Crippen LogP contribution < -0.4 is 0 Å². The summed E-state index contributed by atoms with van der Waals surface area (Å²) in [6.45, 7) is 4.31. The molecule has 1 aromatic carbocycles. The van der Waals surface area contributed by atoms with Crippen molar-refractivity contribution >= 4 is 0 Å². The maximum absolute atomic E-state index is 8.20. The largest absolute Gasteiger partial charge is 0.251 e. The van der Waals surface area contributed by atoms with Crippen LogP contribution in [0.4, 0.5) is 0 Å². The van der Waals surface area contributed by atoms with Gasteiger partial charge in [0.15, 0.2) is 0 Å². The van der Waals surface area contributed by atoms with Crippen LogP contribution in [0.15, 0.2) is 18.2 Å². The third-order valence-electron chi connectivity index (χ3n) is 1.51. The standard InChI is InChI=1S/C9H12O2/c1-7-3-8(2)5-9(4-7)6-11-10/h3-5,10H,6H2,1-2H3. The Morgan fingerprint density at radius 2 is 1.73 bits per heavy atom. The van der Waals surface area contributed by atoms with Gasteiger partial charge in [0.05, 0.1) is 0 Å². The Balaban J connectivity index is 2.89. The Bertz CT molecular complexity index is 223. The van der Waals surface area contributed by atoms with Gasteiger partial charge >= 0.3 is 0 Å². The van der Waals surface area contributed by atoms with Crippen LogP contribution in [0.5, 0.6) is 0 Å². The molecule has 11 heavy (non-hydrogen) atoms. The average molecular weight is 152 g/mol. The summed E-state index contributed by atoms with van der Waals surface area (Å²) in [5.41, 5.74) is 3.39. The second-order valence-electron chi connectivity index (χ2n) is 2.77. The summed E-state index contributed by atoms with van der Waals surface area (Å²) in [4.78, 5) is 4.04. The van der Waals surface area contributed by atoms with E-state index in [9.17, 15) is 0 Å². The van der Waals surface area contributed by atoms with Gasteiger partial charge in [-0.1, -0.05) is 29.3 Å². The zero-order chi connectivity index (χ0) is 8.27. The van der Waals surface area contributed by atoms with E-state index in [1.807, 2.05) is 26.0 Å². The number of aryl methyl sites for hydroxylation is 2. The Labute approximate surface area is 66.4 Å². The van der Waals surface area contributed by atoms with Crippen molar-refractivity contribution in [1.82, 2.24) is 0 Å². The first kappa shape index (κ1) is 8.24. The molecule has 0 fully saturated rings. The lowest BCUT2D eigenvalue weighted by Crippen LogP contribution is -1.89. The summed E-state index contributed by atoms with van der Waals surface area (Å²) in [6, 6.07) is 6.06. The molecule has 0 radical (unpaired) electrons. The molecule has 0 spiro atoms. The van der Waals surface area contributed by atoms with Crippen LogP contribution >= 0.6 is 0 Å². The zero-order valence-corrected chi connectivity index (χ0v) is 6.79. The summed E-state index contributed by atoms with van der Waals surface area (Å²) < 4.78 is 0. The van der Waals surface area contributed by atoms with Crippen molar-refractivity contribution in [3.05, 3.63) is 34.9 Å². The van der Waals surface area contributed by atoms with E-state index in [1.165, 1.54) is 11.1 Å². The van der Waals surface area contributed by atoms with E-state index in [2.05, 4.69) is 11.0 Å². The zero-order valence-electron chi connectivity index (χ0n) is 6.79. The van der Waals surface area contributed by atoms with Gasteiger partial charge in [-0.3, -0.25) is 5.26 Å². The number of benzene rings is 1. The topological polar surface area (TPSA) is 29.5 Å². The highest BCUT2D eigenvalue weighted by atomic mass is 17.1. The molecule has 0 atom stereocenters. The van der Waals surface area contributed by atoms with Crippen molar-refractivity contribution in [2.45, 2.75) is 20.5 Å². The van der Waals surface area contributed by atoms with Gasteiger partial charge in [0, 0.05) is 0 Å². The van der Waals surface area contributed by atoms with Gasteiger partial charge < -0.3 is 0 Å². The Morgan fingerprint density at radius 1 is 1.18 bits per heavy atom. The lowest BCUT2D eigenvalue weighted by atomic mass is 10.1. The normalized spacial score (nSPS) is 10.1. The quantitative estimate of drug-likeness (QED) is 0.520. The van der Waals surface area contributed by atoms with E-state index in [-0.39, 0.29) is 6.61 Å². The molecule has 0 heterocycles. The first-order valence-electron chi connectivity index (χ1n) is 3.56. The summed E-state index contributed by atoms with van der Waals surface area (Å²) in [5.74, 6) is 0. The molecule has 0 aliphatic heterocycles. The van der Waals surface area contributed by atoms with Gasteiger partial charge in [0.2, 0.25) is 0 Å². The highest BCUT2D eigenvalue weighted by Crippen LogP contribution is 2.08. The van der Waals surface area contributed by atoms with E-state index < -0.39 is 0 Å². The second kappa shape index (κ2) is 3.51. The van der Waals surface area contributed by atoms with Crippen molar-refractivity contribution in [3.63, 3.8) is 0 Å². The maximum Gasteiger partial charge on any atom is 0.107 e. The molecule has 0 aliphatic carbocycles. The summed E-state index contributed by atoms with van der Waals surface area (Å²) in [7, 11) is 0. The summed E-state index contributed by atoms with van der Waals surface area (Å²) >= 11 is 0. The van der Waals surface area contributed by atoms with E-state index in [1.54, 1.807) is 0 Å². The van der Waals surface area contributed by atoms with E-state index in [0.29, 0.717) is 0 Å². The van der Waals surface area contributed by atoms with Gasteiger partial charge in [-0.15, -0.1) is 0 Å². The number of hydrogen-bond acceptors (Lipinski definition) is 2. The van der Waals surface area contributed by atoms with Crippen molar-refractivity contribution in [1.29, 1.82) is 0 Å². The molecular weight excluding hydrogens is 140 g/mol. The third-order valence-corrected chi connectivity index (χ3v) is 1.51. The SMILES string of the molecule is Cc1cc(C)cc(COO)c1. The minimum absolute atomic E-state index is 0.266. The molecule has 60 valence electrons. The Kier molecular flexibility index (Phi) is 2.63. The molecule has 0 saturated heterocycles. The fraction of sp³-hybridized carbons (Fsp3) is 0.333. The van der Waals surface area contributed by atoms with Crippen molar-refractivity contribution in [3.8, 4) is 0 Å². The highest BCUT2D eigenvalue weighted by molar-refractivity contribution is 5.27. The first-order chi connectivity index (χ1) is 5.22. The van der Waals surface area contributed by atoms with Crippen molar-refractivity contribution in [2.75, 3.05) is 0 Å². The number of hydrogen-bond donors (Lipinski definition) is 1. The first-order valence-corrected chi connectivity index (χ1v) is 3.56. The van der Waals surface area contributed by atoms with E-state index in [4.69, 9.17) is 5.26 Å². The third kappa shape index (κ3) is 2.33. The van der Waals surface area contributed by atoms with Gasteiger partial charge in [0.1, 0.15) is 6.61 Å². The van der Waals surface area contributed by atoms with E-state index >= 15 is 0 Å². The minimum atomic E-state index is 0.266. The highest BCUT2D eigenvalue weighted by Gasteiger charge is 1.94. The molecule has 1 rings (SSSR count). The minimum Gasteiger partial charge on any atom is -0.251 e. The lowest BCUT2D eigenvalue weighted by Gasteiger charge is -2.01. The van der Waals surface area contributed by atoms with Crippen LogP contribution in [0.3, 0.4) is 0 Å². The van der Waals surface area contributed by atoms with Gasteiger partial charge in [0.25, 0.3) is 0 Å². The molecule has 0 saturated carbocycles. The molecule has 0 amide bonds. The van der Waals surface area contributed by atoms with Gasteiger partial charge in [-0.2, -0.15) is 0 Å². The Morgan fingerprint density at radius 3 is 2.18 bits per heavy atom. The number of rotatable bonds is 2. The van der Waals surface area contributed by atoms with Crippen molar-refractivity contribution in [2.24, 2.45) is 0 Å². The van der Waals surface area contributed by atoms with Crippen LogP contribution in [-0.4, -0.2) is 5.26 Å².